The Bertz CT molecular complexity index is 464. The number of para-hydroxylation sites is 1. The fourth-order valence-electron chi connectivity index (χ4n) is 1.55. The molecule has 3 nitrogen and oxygen atoms in total. The van der Waals surface area contributed by atoms with Gasteiger partial charge in [-0.3, -0.25) is 0 Å². The third kappa shape index (κ3) is 2.84. The molecule has 0 saturated carbocycles. The number of aromatic nitrogens is 1. The van der Waals surface area contributed by atoms with Gasteiger partial charge in [0, 0.05) is 30.6 Å². The molecule has 1 aromatic heterocycles. The van der Waals surface area contributed by atoms with E-state index in [1.54, 1.807) is 0 Å². The largest absolute Gasteiger partial charge is 1.00 e. The second kappa shape index (κ2) is 5.35. The van der Waals surface area contributed by atoms with Crippen LogP contribution in [0.3, 0.4) is 0 Å². The maximum Gasteiger partial charge on any atom is 1.00 e. The predicted molar refractivity (Wildman–Crippen MR) is 51.6 cm³/mol. The van der Waals surface area contributed by atoms with Crippen molar-refractivity contribution in [3.8, 4) is 0 Å². The van der Waals surface area contributed by atoms with E-state index in [-0.39, 0.29) is 36.0 Å². The molecule has 15 heavy (non-hydrogen) atoms. The summed E-state index contributed by atoms with van der Waals surface area (Å²) in [6.45, 7) is 0.468. The minimum atomic E-state index is -1.01. The Hall–Kier alpha value is -0.770. The smallest absolute Gasteiger partial charge is 0.550 e. The van der Waals surface area contributed by atoms with Gasteiger partial charge < -0.3 is 14.5 Å². The van der Waals surface area contributed by atoms with E-state index in [4.69, 9.17) is 0 Å². The van der Waals surface area contributed by atoms with Gasteiger partial charge in [0.05, 0.1) is 0 Å². The Morgan fingerprint density at radius 1 is 1.27 bits per heavy atom. The summed E-state index contributed by atoms with van der Waals surface area (Å²) in [5, 5.41) is 11.4. The van der Waals surface area contributed by atoms with Crippen LogP contribution < -0.4 is 34.7 Å². The zero-order valence-corrected chi connectivity index (χ0v) is 10.6. The molecular weight excluding hydrogens is 201 g/mol. The summed E-state index contributed by atoms with van der Waals surface area (Å²) in [5.41, 5.74) is 1.06. The molecular formula is C11H10NNaO2. The van der Waals surface area contributed by atoms with Crippen LogP contribution in [0.15, 0.2) is 36.5 Å². The van der Waals surface area contributed by atoms with Crippen molar-refractivity contribution in [1.82, 2.24) is 4.57 Å². The summed E-state index contributed by atoms with van der Waals surface area (Å²) in [4.78, 5) is 10.3. The molecule has 0 spiro atoms. The summed E-state index contributed by atoms with van der Waals surface area (Å²) in [6, 6.07) is 9.86. The van der Waals surface area contributed by atoms with E-state index in [0.717, 1.165) is 10.9 Å². The zero-order chi connectivity index (χ0) is 9.97. The molecule has 1 heterocycles. The monoisotopic (exact) mass is 211 g/mol. The number of carboxylic acids is 1. The summed E-state index contributed by atoms with van der Waals surface area (Å²) < 4.78 is 1.92. The summed E-state index contributed by atoms with van der Waals surface area (Å²) >= 11 is 0. The van der Waals surface area contributed by atoms with Crippen LogP contribution >= 0.6 is 0 Å². The van der Waals surface area contributed by atoms with Crippen molar-refractivity contribution in [3.63, 3.8) is 0 Å². The van der Waals surface area contributed by atoms with Crippen LogP contribution in [-0.4, -0.2) is 10.5 Å². The van der Waals surface area contributed by atoms with Gasteiger partial charge in [0.1, 0.15) is 0 Å². The van der Waals surface area contributed by atoms with E-state index in [1.807, 2.05) is 41.1 Å². The van der Waals surface area contributed by atoms with Gasteiger partial charge in [-0.1, -0.05) is 18.2 Å². The van der Waals surface area contributed by atoms with Gasteiger partial charge in [-0.05, 0) is 17.5 Å². The van der Waals surface area contributed by atoms with Crippen molar-refractivity contribution in [2.24, 2.45) is 0 Å². The molecule has 0 amide bonds. The molecule has 2 rings (SSSR count). The first-order chi connectivity index (χ1) is 6.77. The van der Waals surface area contributed by atoms with E-state index >= 15 is 0 Å². The van der Waals surface area contributed by atoms with E-state index in [1.165, 1.54) is 0 Å². The second-order valence-corrected chi connectivity index (χ2v) is 3.19. The minimum absolute atomic E-state index is 0. The maximum absolute atomic E-state index is 10.3. The second-order valence-electron chi connectivity index (χ2n) is 3.19. The molecule has 0 unspecified atom stereocenters. The normalized spacial score (nSPS) is 9.87. The number of hydrogen-bond donors (Lipinski definition) is 0. The topological polar surface area (TPSA) is 45.1 Å². The van der Waals surface area contributed by atoms with Gasteiger partial charge >= 0.3 is 29.6 Å². The average Bonchev–Trinajstić information content (AvgIpc) is 2.58. The number of carboxylic acid groups (broad SMARTS) is 1. The van der Waals surface area contributed by atoms with Crippen LogP contribution in [0.4, 0.5) is 0 Å². The molecule has 0 N–H and O–H groups in total. The SMILES string of the molecule is O=C([O-])CCn1ccc2ccccc21.[Na+]. The van der Waals surface area contributed by atoms with Gasteiger partial charge in [-0.15, -0.1) is 0 Å². The molecule has 0 fully saturated rings. The minimum Gasteiger partial charge on any atom is -0.550 e. The summed E-state index contributed by atoms with van der Waals surface area (Å²) in [5.74, 6) is -1.01. The Morgan fingerprint density at radius 3 is 2.73 bits per heavy atom. The van der Waals surface area contributed by atoms with Crippen molar-refractivity contribution in [3.05, 3.63) is 36.5 Å². The van der Waals surface area contributed by atoms with Crippen LogP contribution in [0, 0.1) is 0 Å². The number of hydrogen-bond acceptors (Lipinski definition) is 2. The number of benzene rings is 1. The fourth-order valence-corrected chi connectivity index (χ4v) is 1.55. The van der Waals surface area contributed by atoms with Crippen LogP contribution in [0.5, 0.6) is 0 Å². The van der Waals surface area contributed by atoms with Crippen LogP contribution in [-0.2, 0) is 11.3 Å². The quantitative estimate of drug-likeness (QED) is 0.540. The third-order valence-corrected chi connectivity index (χ3v) is 2.24. The number of carbonyl (C=O) groups is 1. The van der Waals surface area contributed by atoms with E-state index in [9.17, 15) is 9.90 Å². The van der Waals surface area contributed by atoms with Crippen LogP contribution in [0.2, 0.25) is 0 Å². The van der Waals surface area contributed by atoms with Crippen molar-refractivity contribution in [1.29, 1.82) is 0 Å². The van der Waals surface area contributed by atoms with Gasteiger partial charge in [0.15, 0.2) is 0 Å². The Morgan fingerprint density at radius 2 is 2.00 bits per heavy atom. The standard InChI is InChI=1S/C11H11NO2.Na/c13-11(14)6-8-12-7-5-9-3-1-2-4-10(9)12;/h1-5,7H,6,8H2,(H,13,14);/q;+1/p-1. The first kappa shape index (κ1) is 12.3. The predicted octanol–water partition coefficient (Wildman–Crippen LogP) is -2.21. The molecule has 1 aromatic carbocycles. The summed E-state index contributed by atoms with van der Waals surface area (Å²) in [6.07, 6.45) is 1.95. The Labute approximate surface area is 110 Å². The number of rotatable bonds is 3. The van der Waals surface area contributed by atoms with Crippen molar-refractivity contribution in [2.75, 3.05) is 0 Å². The molecule has 0 aliphatic heterocycles. The van der Waals surface area contributed by atoms with Crippen molar-refractivity contribution in [2.45, 2.75) is 13.0 Å². The number of aryl methyl sites for hydroxylation is 1. The maximum atomic E-state index is 10.3. The van der Waals surface area contributed by atoms with E-state index in [0.29, 0.717) is 6.54 Å². The first-order valence-corrected chi connectivity index (χ1v) is 4.51. The first-order valence-electron chi connectivity index (χ1n) is 4.51. The molecule has 0 bridgehead atoms. The molecule has 2 aromatic rings. The Kier molecular flexibility index (Phi) is 4.39. The number of carbonyl (C=O) groups excluding carboxylic acids is 1. The van der Waals surface area contributed by atoms with Gasteiger partial charge in [0.25, 0.3) is 0 Å². The molecule has 4 heteroatoms. The van der Waals surface area contributed by atoms with Crippen LogP contribution in [0.25, 0.3) is 10.9 Å². The molecule has 0 radical (unpaired) electrons. The molecule has 0 aliphatic carbocycles. The third-order valence-electron chi connectivity index (χ3n) is 2.24. The number of fused-ring (bicyclic) bond motifs is 1. The Balaban J connectivity index is 0.00000112. The van der Waals surface area contributed by atoms with Gasteiger partial charge in [-0.25, -0.2) is 0 Å². The van der Waals surface area contributed by atoms with Gasteiger partial charge in [-0.2, -0.15) is 0 Å². The average molecular weight is 211 g/mol. The summed E-state index contributed by atoms with van der Waals surface area (Å²) in [7, 11) is 0. The van der Waals surface area contributed by atoms with Crippen LogP contribution in [0.1, 0.15) is 6.42 Å². The molecule has 0 aliphatic rings. The number of nitrogens with zero attached hydrogens (tertiary/aromatic N) is 1. The molecule has 0 atom stereocenters. The van der Waals surface area contributed by atoms with E-state index < -0.39 is 5.97 Å². The fraction of sp³-hybridized carbons (Fsp3) is 0.182. The zero-order valence-electron chi connectivity index (χ0n) is 8.64. The molecule has 0 saturated heterocycles. The van der Waals surface area contributed by atoms with Crippen molar-refractivity contribution >= 4 is 16.9 Å². The van der Waals surface area contributed by atoms with E-state index in [2.05, 4.69) is 0 Å². The number of aliphatic carboxylic acids is 1. The molecule has 72 valence electrons. The van der Waals surface area contributed by atoms with Crippen molar-refractivity contribution < 1.29 is 39.5 Å². The van der Waals surface area contributed by atoms with Gasteiger partial charge in [0.2, 0.25) is 0 Å².